The Bertz CT molecular complexity index is 943. The van der Waals surface area contributed by atoms with Crippen molar-refractivity contribution in [3.8, 4) is 0 Å². The molecule has 1 aromatic rings. The molecule has 0 fully saturated rings. The summed E-state index contributed by atoms with van der Waals surface area (Å²) in [6.45, 7) is 24.4. The third kappa shape index (κ3) is 9.99. The molecule has 37 heavy (non-hydrogen) atoms. The summed E-state index contributed by atoms with van der Waals surface area (Å²) in [4.78, 5) is 12.2. The summed E-state index contributed by atoms with van der Waals surface area (Å²) in [6, 6.07) is 7.46. The fourth-order valence-corrected chi connectivity index (χ4v) is 7.49. The van der Waals surface area contributed by atoms with Crippen molar-refractivity contribution in [1.29, 1.82) is 0 Å². The van der Waals surface area contributed by atoms with E-state index in [0.29, 0.717) is 6.42 Å². The van der Waals surface area contributed by atoms with Gasteiger partial charge in [0.05, 0.1) is 40.2 Å². The number of aryl methyl sites for hydroxylation is 1. The van der Waals surface area contributed by atoms with Gasteiger partial charge in [-0.05, 0) is 78.6 Å². The van der Waals surface area contributed by atoms with Crippen LogP contribution in [0.15, 0.2) is 24.3 Å². The molecule has 0 saturated heterocycles. The van der Waals surface area contributed by atoms with Gasteiger partial charge in [-0.2, -0.15) is 0 Å². The Morgan fingerprint density at radius 1 is 0.946 bits per heavy atom. The number of methoxy groups -OCH3 is 1. The van der Waals surface area contributed by atoms with Gasteiger partial charge < -0.3 is 9.16 Å². The predicted octanol–water partition coefficient (Wildman–Crippen LogP) is 6.35. The number of hydrogen-bond donors (Lipinski definition) is 1. The zero-order valence-corrected chi connectivity index (χ0v) is 27.9. The van der Waals surface area contributed by atoms with Crippen molar-refractivity contribution in [3.05, 3.63) is 35.4 Å². The largest absolute Gasteiger partial charge is 0.469 e. The third-order valence-corrected chi connectivity index (χ3v) is 15.2. The quantitative estimate of drug-likeness (QED) is 0.246. The van der Waals surface area contributed by atoms with Gasteiger partial charge in [0, 0.05) is 22.0 Å². The van der Waals surface area contributed by atoms with Crippen LogP contribution in [0.4, 0.5) is 0 Å². The van der Waals surface area contributed by atoms with Crippen molar-refractivity contribution >= 4 is 36.1 Å². The summed E-state index contributed by atoms with van der Waals surface area (Å²) in [7, 11) is -3.79. The zero-order valence-electron chi connectivity index (χ0n) is 25.3. The van der Waals surface area contributed by atoms with Crippen LogP contribution in [0.1, 0.15) is 91.5 Å². The van der Waals surface area contributed by atoms with Crippen LogP contribution in [-0.2, 0) is 35.7 Å². The number of carbonyl (C=O) groups is 1. The lowest BCUT2D eigenvalue weighted by molar-refractivity contribution is -0.141. The van der Waals surface area contributed by atoms with Gasteiger partial charge in [-0.1, -0.05) is 50.6 Å². The first-order valence-corrected chi connectivity index (χ1v) is 18.3. The summed E-state index contributed by atoms with van der Waals surface area (Å²) in [5.41, 5.74) is 2.00. The van der Waals surface area contributed by atoms with E-state index in [9.17, 15) is 13.2 Å². The molecule has 6 nitrogen and oxygen atoms in total. The van der Waals surface area contributed by atoms with Gasteiger partial charge in [-0.15, -0.1) is 0 Å². The molecular formula is C28H51NO5S2Si. The number of nitrogens with one attached hydrogen (secondary N) is 1. The molecule has 0 aromatic heterocycles. The zero-order chi connectivity index (χ0) is 29.0. The summed E-state index contributed by atoms with van der Waals surface area (Å²) >= 11 is 0. The molecule has 0 radical (unpaired) electrons. The molecule has 9 heteroatoms. The van der Waals surface area contributed by atoms with Crippen LogP contribution in [-0.4, -0.2) is 51.5 Å². The number of hydrogen-bond acceptors (Lipinski definition) is 5. The Kier molecular flexibility index (Phi) is 12.0. The van der Waals surface area contributed by atoms with E-state index in [0.717, 1.165) is 11.1 Å². The lowest BCUT2D eigenvalue weighted by Crippen LogP contribution is -2.56. The second-order valence-corrected chi connectivity index (χ2v) is 22.4. The van der Waals surface area contributed by atoms with Crippen molar-refractivity contribution in [1.82, 2.24) is 4.72 Å². The number of esters is 1. The lowest BCUT2D eigenvalue weighted by Gasteiger charge is -2.44. The number of carbonyl (C=O) groups excluding carboxylic acids is 1. The molecule has 0 heterocycles. The molecule has 5 atom stereocenters. The molecule has 0 aliphatic carbocycles. The first-order chi connectivity index (χ1) is 16.6. The van der Waals surface area contributed by atoms with Crippen LogP contribution in [0.2, 0.25) is 18.1 Å². The molecule has 1 rings (SSSR count). The summed E-state index contributed by atoms with van der Waals surface area (Å²) in [5.74, 6) is -0.330. The van der Waals surface area contributed by atoms with E-state index in [1.807, 2.05) is 72.7 Å². The molecule has 1 aromatic carbocycles. The van der Waals surface area contributed by atoms with Crippen LogP contribution < -0.4 is 4.72 Å². The molecule has 1 N–H and O–H groups in total. The average Bonchev–Trinajstić information content (AvgIpc) is 2.74. The second kappa shape index (κ2) is 13.0. The number of rotatable bonds is 11. The Labute approximate surface area is 232 Å². The van der Waals surface area contributed by atoms with E-state index in [1.54, 1.807) is 0 Å². The van der Waals surface area contributed by atoms with Gasteiger partial charge in [0.2, 0.25) is 0 Å². The highest BCUT2D eigenvalue weighted by Crippen LogP contribution is 2.41. The fraction of sp³-hybridized carbons (Fsp3) is 0.750. The van der Waals surface area contributed by atoms with Gasteiger partial charge >= 0.3 is 5.97 Å². The smallest absolute Gasteiger partial charge is 0.305 e. The Hall–Kier alpha value is -0.873. The van der Waals surface area contributed by atoms with Crippen molar-refractivity contribution in [2.24, 2.45) is 0 Å². The highest BCUT2D eigenvalue weighted by Gasteiger charge is 2.46. The van der Waals surface area contributed by atoms with Gasteiger partial charge in [-0.3, -0.25) is 9.00 Å². The Morgan fingerprint density at radius 3 is 1.86 bits per heavy atom. The minimum Gasteiger partial charge on any atom is -0.469 e. The van der Waals surface area contributed by atoms with Crippen molar-refractivity contribution < 1.29 is 22.4 Å². The molecule has 2 unspecified atom stereocenters. The van der Waals surface area contributed by atoms with Gasteiger partial charge in [0.15, 0.2) is 8.32 Å². The Balaban J connectivity index is 3.84. The summed E-state index contributed by atoms with van der Waals surface area (Å²) in [6.07, 6.45) is 0.00439. The van der Waals surface area contributed by atoms with Gasteiger partial charge in [0.25, 0.3) is 0 Å². The van der Waals surface area contributed by atoms with Crippen molar-refractivity contribution in [3.63, 3.8) is 0 Å². The maximum Gasteiger partial charge on any atom is 0.305 e. The minimum atomic E-state index is -2.34. The van der Waals surface area contributed by atoms with Crippen LogP contribution in [0.3, 0.4) is 0 Å². The second-order valence-electron chi connectivity index (χ2n) is 13.3. The van der Waals surface area contributed by atoms with E-state index in [1.165, 1.54) is 7.11 Å². The van der Waals surface area contributed by atoms with Crippen LogP contribution in [0, 0.1) is 6.92 Å². The van der Waals surface area contributed by atoms with Gasteiger partial charge in [0.1, 0.15) is 0 Å². The molecule has 214 valence electrons. The first kappa shape index (κ1) is 34.2. The minimum absolute atomic E-state index is 0.0905. The monoisotopic (exact) mass is 573 g/mol. The molecular weight excluding hydrogens is 523 g/mol. The van der Waals surface area contributed by atoms with Crippen molar-refractivity contribution in [2.45, 2.75) is 127 Å². The van der Waals surface area contributed by atoms with Crippen molar-refractivity contribution in [2.75, 3.05) is 7.11 Å². The number of benzene rings is 1. The normalized spacial score (nSPS) is 17.5. The van der Waals surface area contributed by atoms with Crippen LogP contribution in [0.5, 0.6) is 0 Å². The van der Waals surface area contributed by atoms with E-state index in [4.69, 9.17) is 9.16 Å². The molecule has 0 bridgehead atoms. The topological polar surface area (TPSA) is 81.7 Å². The third-order valence-electron chi connectivity index (χ3n) is 6.88. The SMILES string of the molecule is COC(=O)CC[C@H](O[Si](C)(C)C(C)(C)C)C(N[S@@](=O)C(C)(C)C)C(c1ccc(C)cc1)[S@@](=O)C(C)(C)C. The van der Waals surface area contributed by atoms with Crippen LogP contribution >= 0.6 is 0 Å². The van der Waals surface area contributed by atoms with Gasteiger partial charge in [-0.25, -0.2) is 8.93 Å². The van der Waals surface area contributed by atoms with Crippen LogP contribution in [0.25, 0.3) is 0 Å². The molecule has 0 aliphatic rings. The highest BCUT2D eigenvalue weighted by atomic mass is 32.2. The maximum atomic E-state index is 14.2. The summed E-state index contributed by atoms with van der Waals surface area (Å²) < 4.78 is 42.0. The van der Waals surface area contributed by atoms with E-state index in [-0.39, 0.29) is 17.4 Å². The molecule has 0 aliphatic heterocycles. The maximum absolute atomic E-state index is 14.2. The summed E-state index contributed by atoms with van der Waals surface area (Å²) in [5, 5.41) is -0.605. The standard InChI is InChI=1S/C28H51NO5S2Si/c1-20-14-16-21(17-15-20)25(35(31)26(2,3)4)24(29-36(32)27(5,6)7)22(18-19-23(30)33-11)34-37(12,13)28(8,9)10/h14-17,22,24-25,29H,18-19H2,1-13H3/t22-,24?,25?,35+,36-/m0/s1. The van der Waals surface area contributed by atoms with E-state index < -0.39 is 57.0 Å². The van der Waals surface area contributed by atoms with E-state index in [2.05, 4.69) is 38.6 Å². The average molecular weight is 574 g/mol. The molecule has 0 saturated carbocycles. The predicted molar refractivity (Wildman–Crippen MR) is 160 cm³/mol. The van der Waals surface area contributed by atoms with E-state index >= 15 is 0 Å². The fourth-order valence-electron chi connectivity index (χ4n) is 3.46. The lowest BCUT2D eigenvalue weighted by atomic mass is 9.97. The molecule has 0 spiro atoms. The highest BCUT2D eigenvalue weighted by molar-refractivity contribution is 7.87. The Morgan fingerprint density at radius 2 is 1.46 bits per heavy atom. The number of ether oxygens (including phenoxy) is 1. The first-order valence-electron chi connectivity index (χ1n) is 13.0. The molecule has 0 amide bonds.